The van der Waals surface area contributed by atoms with Gasteiger partial charge in [-0.05, 0) is 19.1 Å². The van der Waals surface area contributed by atoms with Crippen molar-refractivity contribution in [2.45, 2.75) is 16.1 Å². The molecule has 7 heteroatoms. The Morgan fingerprint density at radius 1 is 1.26 bits per heavy atom. The van der Waals surface area contributed by atoms with Crippen LogP contribution < -0.4 is 0 Å². The van der Waals surface area contributed by atoms with Crippen molar-refractivity contribution < 1.29 is 22.1 Å². The molecule has 0 saturated carbocycles. The second-order valence-electron chi connectivity index (χ2n) is 4.50. The minimum absolute atomic E-state index is 0.0385. The van der Waals surface area contributed by atoms with Gasteiger partial charge in [0.1, 0.15) is 6.79 Å². The Hall–Kier alpha value is -0.470. The summed E-state index contributed by atoms with van der Waals surface area (Å²) in [6.07, 6.45) is 0. The van der Waals surface area contributed by atoms with Gasteiger partial charge in [-0.3, -0.25) is 4.18 Å². The molecule has 1 aromatic carbocycles. The smallest absolute Gasteiger partial charge is 0.297 e. The summed E-state index contributed by atoms with van der Waals surface area (Å²) in [6.45, 7) is 2.76. The lowest BCUT2D eigenvalue weighted by atomic mass is 10.2. The van der Waals surface area contributed by atoms with Crippen LogP contribution in [0.25, 0.3) is 0 Å². The standard InChI is InChI=1S/C12H15BrO5S/c1-10-2-4-11(5-3-10)19(14,15)18-8-12(13)6-16-9-17-7-12/h2-5H,6-9H2,1H3. The van der Waals surface area contributed by atoms with E-state index in [9.17, 15) is 8.42 Å². The molecule has 0 unspecified atom stereocenters. The van der Waals surface area contributed by atoms with Crippen LogP contribution >= 0.6 is 15.9 Å². The van der Waals surface area contributed by atoms with E-state index >= 15 is 0 Å². The lowest BCUT2D eigenvalue weighted by Crippen LogP contribution is -2.43. The number of aryl methyl sites for hydroxylation is 1. The number of alkyl halides is 1. The summed E-state index contributed by atoms with van der Waals surface area (Å²) in [5.41, 5.74) is 0.991. The summed E-state index contributed by atoms with van der Waals surface area (Å²) in [4.78, 5) is 0.145. The van der Waals surface area contributed by atoms with Crippen LogP contribution in [0, 0.1) is 6.92 Å². The molecule has 1 aromatic rings. The highest BCUT2D eigenvalue weighted by atomic mass is 79.9. The van der Waals surface area contributed by atoms with Gasteiger partial charge < -0.3 is 9.47 Å². The molecule has 5 nitrogen and oxygen atoms in total. The molecule has 1 fully saturated rings. The van der Waals surface area contributed by atoms with Crippen LogP contribution in [0.5, 0.6) is 0 Å². The Morgan fingerprint density at radius 3 is 2.42 bits per heavy atom. The van der Waals surface area contributed by atoms with Crippen LogP contribution in [0.4, 0.5) is 0 Å². The van der Waals surface area contributed by atoms with E-state index in [1.54, 1.807) is 12.1 Å². The highest BCUT2D eigenvalue weighted by Gasteiger charge is 2.33. The molecule has 0 aromatic heterocycles. The molecule has 1 heterocycles. The molecule has 1 aliphatic rings. The molecule has 0 spiro atoms. The van der Waals surface area contributed by atoms with Crippen molar-refractivity contribution in [3.63, 3.8) is 0 Å². The molecule has 0 N–H and O–H groups in total. The van der Waals surface area contributed by atoms with Gasteiger partial charge in [0, 0.05) is 0 Å². The number of ether oxygens (including phenoxy) is 2. The Balaban J connectivity index is 2.03. The lowest BCUT2D eigenvalue weighted by molar-refractivity contribution is -0.118. The van der Waals surface area contributed by atoms with Crippen molar-refractivity contribution >= 4 is 26.0 Å². The van der Waals surface area contributed by atoms with Gasteiger partial charge in [-0.15, -0.1) is 0 Å². The van der Waals surface area contributed by atoms with Crippen LogP contribution in [0.2, 0.25) is 0 Å². The molecule has 19 heavy (non-hydrogen) atoms. The quantitative estimate of drug-likeness (QED) is 0.612. The highest BCUT2D eigenvalue weighted by Crippen LogP contribution is 2.25. The normalized spacial score (nSPS) is 19.3. The van der Waals surface area contributed by atoms with Gasteiger partial charge in [0.25, 0.3) is 10.1 Å². The third-order valence-corrected chi connectivity index (χ3v) is 4.63. The number of halogens is 1. The molecule has 0 bridgehead atoms. The van der Waals surface area contributed by atoms with Gasteiger partial charge in [-0.25, -0.2) is 0 Å². The summed E-state index contributed by atoms with van der Waals surface area (Å²) in [5, 5.41) is 0. The minimum atomic E-state index is -3.76. The first-order chi connectivity index (χ1) is 8.91. The predicted octanol–water partition coefficient (Wildman–Crippen LogP) is 1.84. The predicted molar refractivity (Wildman–Crippen MR) is 72.7 cm³/mol. The maximum Gasteiger partial charge on any atom is 0.297 e. The number of rotatable bonds is 4. The third kappa shape index (κ3) is 4.00. The molecular formula is C12H15BrO5S. The minimum Gasteiger partial charge on any atom is -0.354 e. The van der Waals surface area contributed by atoms with Crippen LogP contribution in [-0.4, -0.2) is 39.4 Å². The fourth-order valence-electron chi connectivity index (χ4n) is 1.59. The van der Waals surface area contributed by atoms with Gasteiger partial charge in [0.15, 0.2) is 0 Å². The summed E-state index contributed by atoms with van der Waals surface area (Å²) in [6, 6.07) is 6.51. The summed E-state index contributed by atoms with van der Waals surface area (Å²) < 4.78 is 38.7. The van der Waals surface area contributed by atoms with E-state index in [4.69, 9.17) is 13.7 Å². The summed E-state index contributed by atoms with van der Waals surface area (Å²) in [5.74, 6) is 0. The van der Waals surface area contributed by atoms with Crippen LogP contribution in [-0.2, 0) is 23.8 Å². The van der Waals surface area contributed by atoms with Crippen molar-refractivity contribution in [2.75, 3.05) is 26.6 Å². The Kier molecular flexibility index (Phi) is 4.62. The molecule has 0 atom stereocenters. The molecule has 106 valence electrons. The van der Waals surface area contributed by atoms with E-state index in [-0.39, 0.29) is 18.3 Å². The van der Waals surface area contributed by atoms with Crippen molar-refractivity contribution in [1.82, 2.24) is 0 Å². The molecule has 0 amide bonds. The fraction of sp³-hybridized carbons (Fsp3) is 0.500. The zero-order valence-corrected chi connectivity index (χ0v) is 12.9. The van der Waals surface area contributed by atoms with Gasteiger partial charge in [-0.1, -0.05) is 33.6 Å². The topological polar surface area (TPSA) is 61.8 Å². The second kappa shape index (κ2) is 5.88. The number of hydrogen-bond acceptors (Lipinski definition) is 5. The average Bonchev–Trinajstić information content (AvgIpc) is 2.38. The SMILES string of the molecule is Cc1ccc(S(=O)(=O)OCC2(Br)COCOC2)cc1. The van der Waals surface area contributed by atoms with E-state index < -0.39 is 14.4 Å². The first kappa shape index (κ1) is 14.9. The molecule has 1 aliphatic heterocycles. The van der Waals surface area contributed by atoms with Crippen LogP contribution in [0.1, 0.15) is 5.56 Å². The average molecular weight is 351 g/mol. The van der Waals surface area contributed by atoms with E-state index in [0.29, 0.717) is 13.2 Å². The molecule has 0 radical (unpaired) electrons. The molecule has 1 saturated heterocycles. The van der Waals surface area contributed by atoms with E-state index in [2.05, 4.69) is 15.9 Å². The summed E-state index contributed by atoms with van der Waals surface area (Å²) in [7, 11) is -3.76. The second-order valence-corrected chi connectivity index (χ2v) is 7.79. The monoisotopic (exact) mass is 350 g/mol. The van der Waals surface area contributed by atoms with Gasteiger partial charge >= 0.3 is 0 Å². The Labute approximate surface area is 121 Å². The van der Waals surface area contributed by atoms with Crippen LogP contribution in [0.3, 0.4) is 0 Å². The maximum atomic E-state index is 12.0. The van der Waals surface area contributed by atoms with E-state index in [1.807, 2.05) is 6.92 Å². The third-order valence-electron chi connectivity index (χ3n) is 2.67. The lowest BCUT2D eigenvalue weighted by Gasteiger charge is -2.30. The van der Waals surface area contributed by atoms with E-state index in [0.717, 1.165) is 5.56 Å². The van der Waals surface area contributed by atoms with Gasteiger partial charge in [-0.2, -0.15) is 8.42 Å². The fourth-order valence-corrected chi connectivity index (χ4v) is 3.17. The van der Waals surface area contributed by atoms with Crippen molar-refractivity contribution in [1.29, 1.82) is 0 Å². The van der Waals surface area contributed by atoms with Crippen molar-refractivity contribution in [3.05, 3.63) is 29.8 Å². The van der Waals surface area contributed by atoms with Gasteiger partial charge in [0.05, 0.1) is 29.0 Å². The first-order valence-corrected chi connectivity index (χ1v) is 7.92. The number of benzene rings is 1. The molecular weight excluding hydrogens is 336 g/mol. The first-order valence-electron chi connectivity index (χ1n) is 5.72. The van der Waals surface area contributed by atoms with Crippen LogP contribution in [0.15, 0.2) is 29.2 Å². The largest absolute Gasteiger partial charge is 0.354 e. The zero-order valence-electron chi connectivity index (χ0n) is 10.5. The zero-order chi connectivity index (χ0) is 13.9. The van der Waals surface area contributed by atoms with Crippen molar-refractivity contribution in [2.24, 2.45) is 0 Å². The van der Waals surface area contributed by atoms with Crippen molar-refractivity contribution in [3.8, 4) is 0 Å². The van der Waals surface area contributed by atoms with E-state index in [1.165, 1.54) is 12.1 Å². The maximum absolute atomic E-state index is 12.0. The molecule has 2 rings (SSSR count). The summed E-state index contributed by atoms with van der Waals surface area (Å²) >= 11 is 3.39. The Morgan fingerprint density at radius 2 is 1.84 bits per heavy atom. The Bertz CT molecular complexity index is 520. The number of hydrogen-bond donors (Lipinski definition) is 0. The highest BCUT2D eigenvalue weighted by molar-refractivity contribution is 9.10. The molecule has 0 aliphatic carbocycles. The van der Waals surface area contributed by atoms with Gasteiger partial charge in [0.2, 0.25) is 0 Å².